The maximum absolute atomic E-state index is 4.56. The van der Waals surface area contributed by atoms with E-state index in [-0.39, 0.29) is 0 Å². The molecule has 0 unspecified atom stereocenters. The highest BCUT2D eigenvalue weighted by atomic mass is 32.1. The van der Waals surface area contributed by atoms with Crippen LogP contribution < -0.4 is 0 Å². The molecule has 0 aliphatic heterocycles. The summed E-state index contributed by atoms with van der Waals surface area (Å²) in [5.41, 5.74) is 4.79. The second kappa shape index (κ2) is 4.90. The molecule has 4 aromatic rings. The molecule has 1 aromatic carbocycles. The highest BCUT2D eigenvalue weighted by Crippen LogP contribution is 2.31. The molecule has 3 aromatic heterocycles. The molecule has 3 heterocycles. The van der Waals surface area contributed by atoms with Gasteiger partial charge in [0, 0.05) is 17.3 Å². The largest absolute Gasteiger partial charge is 0.303 e. The minimum absolute atomic E-state index is 0.814. The average molecular weight is 310 g/mol. The van der Waals surface area contributed by atoms with Crippen LogP contribution in [0.1, 0.15) is 16.8 Å². The summed E-state index contributed by atoms with van der Waals surface area (Å²) in [6, 6.07) is 12.5. The molecule has 0 radical (unpaired) electrons. The third-order valence-corrected chi connectivity index (χ3v) is 5.20. The number of fused-ring (bicyclic) bond motifs is 2. The van der Waals surface area contributed by atoms with Gasteiger partial charge in [-0.1, -0.05) is 18.2 Å². The van der Waals surface area contributed by atoms with Crippen LogP contribution in [0, 0.1) is 6.92 Å². The molecule has 0 fully saturated rings. The molecule has 0 atom stereocenters. The first-order chi connectivity index (χ1) is 10.2. The van der Waals surface area contributed by atoms with Crippen LogP contribution >= 0.6 is 24.0 Å². The summed E-state index contributed by atoms with van der Waals surface area (Å²) in [4.78, 5) is 4.53. The molecule has 21 heavy (non-hydrogen) atoms. The van der Waals surface area contributed by atoms with E-state index >= 15 is 0 Å². The lowest BCUT2D eigenvalue weighted by Crippen LogP contribution is -1.95. The maximum atomic E-state index is 4.56. The van der Waals surface area contributed by atoms with E-state index in [2.05, 4.69) is 58.7 Å². The van der Waals surface area contributed by atoms with Crippen LogP contribution in [0.4, 0.5) is 0 Å². The smallest absolute Gasteiger partial charge is 0.138 e. The van der Waals surface area contributed by atoms with E-state index in [0.29, 0.717) is 0 Å². The number of hydrogen-bond donors (Lipinski definition) is 1. The van der Waals surface area contributed by atoms with E-state index in [1.165, 1.54) is 21.2 Å². The maximum Gasteiger partial charge on any atom is 0.138 e. The molecule has 0 aliphatic carbocycles. The Morgan fingerprint density at radius 3 is 3.00 bits per heavy atom. The van der Waals surface area contributed by atoms with Gasteiger partial charge in [-0.25, -0.2) is 4.98 Å². The van der Waals surface area contributed by atoms with Gasteiger partial charge in [0.15, 0.2) is 0 Å². The van der Waals surface area contributed by atoms with E-state index in [1.807, 2.05) is 18.2 Å². The quantitative estimate of drug-likeness (QED) is 0.529. The molecule has 0 N–H and O–H groups in total. The molecular formula is C17H14N2S2. The Morgan fingerprint density at radius 1 is 1.19 bits per heavy atom. The fourth-order valence-electron chi connectivity index (χ4n) is 2.85. The van der Waals surface area contributed by atoms with Crippen molar-refractivity contribution in [1.29, 1.82) is 0 Å². The van der Waals surface area contributed by atoms with Crippen LogP contribution in [0.2, 0.25) is 0 Å². The minimum Gasteiger partial charge on any atom is -0.303 e. The Morgan fingerprint density at radius 2 is 2.10 bits per heavy atom. The fraction of sp³-hybridized carbons (Fsp3) is 0.118. The Kier molecular flexibility index (Phi) is 3.01. The van der Waals surface area contributed by atoms with Gasteiger partial charge in [0.2, 0.25) is 0 Å². The Balaban J connectivity index is 1.89. The van der Waals surface area contributed by atoms with E-state index in [4.69, 9.17) is 0 Å². The molecule has 0 amide bonds. The first kappa shape index (κ1) is 12.9. The van der Waals surface area contributed by atoms with E-state index in [1.54, 1.807) is 11.3 Å². The van der Waals surface area contributed by atoms with E-state index in [0.717, 1.165) is 22.8 Å². The average Bonchev–Trinajstić information content (AvgIpc) is 3.03. The SMILES string of the molecule is Cc1cccc2scc(Cc3c(S)nc4ccccn34)c12. The molecular weight excluding hydrogens is 296 g/mol. The lowest BCUT2D eigenvalue weighted by atomic mass is 10.0. The molecule has 0 aliphatic rings. The van der Waals surface area contributed by atoms with Gasteiger partial charge in [-0.05, 0) is 47.0 Å². The predicted octanol–water partition coefficient (Wildman–Crippen LogP) is 4.74. The molecule has 0 saturated heterocycles. The normalized spacial score (nSPS) is 11.5. The minimum atomic E-state index is 0.814. The van der Waals surface area contributed by atoms with Crippen LogP contribution in [-0.4, -0.2) is 9.38 Å². The number of thiophene rings is 1. The zero-order valence-corrected chi connectivity index (χ0v) is 13.3. The number of aryl methyl sites for hydroxylation is 1. The summed E-state index contributed by atoms with van der Waals surface area (Å²) >= 11 is 6.37. The van der Waals surface area contributed by atoms with Crippen molar-refractivity contribution in [2.24, 2.45) is 0 Å². The van der Waals surface area contributed by atoms with Crippen molar-refractivity contribution < 1.29 is 0 Å². The number of pyridine rings is 1. The number of hydrogen-bond acceptors (Lipinski definition) is 3. The number of aromatic nitrogens is 2. The predicted molar refractivity (Wildman–Crippen MR) is 91.8 cm³/mol. The van der Waals surface area contributed by atoms with Crippen molar-refractivity contribution in [1.82, 2.24) is 9.38 Å². The summed E-state index contributed by atoms with van der Waals surface area (Å²) in [5, 5.41) is 4.45. The van der Waals surface area contributed by atoms with Gasteiger partial charge in [0.1, 0.15) is 10.7 Å². The van der Waals surface area contributed by atoms with Gasteiger partial charge >= 0.3 is 0 Å². The summed E-state index contributed by atoms with van der Waals surface area (Å²) in [6.45, 7) is 2.18. The third-order valence-electron chi connectivity index (χ3n) is 3.85. The van der Waals surface area contributed by atoms with Crippen LogP contribution in [0.25, 0.3) is 15.7 Å². The molecule has 104 valence electrons. The molecule has 2 nitrogen and oxygen atoms in total. The van der Waals surface area contributed by atoms with Crippen molar-refractivity contribution in [3.63, 3.8) is 0 Å². The van der Waals surface area contributed by atoms with Crippen molar-refractivity contribution in [2.75, 3.05) is 0 Å². The van der Waals surface area contributed by atoms with Crippen LogP contribution in [0.15, 0.2) is 53.0 Å². The summed E-state index contributed by atoms with van der Waals surface area (Å²) in [5.74, 6) is 0. The zero-order chi connectivity index (χ0) is 14.4. The molecule has 0 bridgehead atoms. The second-order valence-electron chi connectivity index (χ2n) is 5.20. The van der Waals surface area contributed by atoms with Crippen molar-refractivity contribution >= 4 is 39.7 Å². The Labute approximate surface area is 132 Å². The van der Waals surface area contributed by atoms with Crippen LogP contribution in [-0.2, 0) is 6.42 Å². The molecule has 0 spiro atoms. The van der Waals surface area contributed by atoms with Gasteiger partial charge in [-0.15, -0.1) is 24.0 Å². The molecule has 4 heteroatoms. The molecule has 0 saturated carbocycles. The van der Waals surface area contributed by atoms with Crippen molar-refractivity contribution in [3.05, 3.63) is 64.8 Å². The molecule has 4 rings (SSSR count). The standard InChI is InChI=1S/C17H14N2S2/c1-11-5-4-6-14-16(11)12(10-21-14)9-13-17(20)18-15-7-2-3-8-19(13)15/h2-8,10,20H,9H2,1H3. The first-order valence-electron chi connectivity index (χ1n) is 6.84. The van der Waals surface area contributed by atoms with Gasteiger partial charge in [0.05, 0.1) is 5.69 Å². The number of rotatable bonds is 2. The number of imidazole rings is 1. The van der Waals surface area contributed by atoms with Crippen molar-refractivity contribution in [2.45, 2.75) is 18.4 Å². The topological polar surface area (TPSA) is 17.3 Å². The Hall–Kier alpha value is -1.78. The second-order valence-corrected chi connectivity index (χ2v) is 6.53. The summed E-state index contributed by atoms with van der Waals surface area (Å²) in [6.07, 6.45) is 2.91. The lowest BCUT2D eigenvalue weighted by molar-refractivity contribution is 0.993. The van der Waals surface area contributed by atoms with E-state index < -0.39 is 0 Å². The van der Waals surface area contributed by atoms with Gasteiger partial charge in [-0.2, -0.15) is 0 Å². The zero-order valence-electron chi connectivity index (χ0n) is 11.6. The van der Waals surface area contributed by atoms with Gasteiger partial charge < -0.3 is 4.40 Å². The number of benzene rings is 1. The highest BCUT2D eigenvalue weighted by molar-refractivity contribution is 7.80. The third kappa shape index (κ3) is 2.06. The van der Waals surface area contributed by atoms with Gasteiger partial charge in [-0.3, -0.25) is 0 Å². The number of thiol groups is 1. The lowest BCUT2D eigenvalue weighted by Gasteiger charge is -2.04. The number of nitrogens with zero attached hydrogens (tertiary/aromatic N) is 2. The summed E-state index contributed by atoms with van der Waals surface area (Å²) < 4.78 is 3.48. The van der Waals surface area contributed by atoms with E-state index in [9.17, 15) is 0 Å². The first-order valence-corrected chi connectivity index (χ1v) is 8.17. The van der Waals surface area contributed by atoms with Crippen molar-refractivity contribution in [3.8, 4) is 0 Å². The monoisotopic (exact) mass is 310 g/mol. The Bertz CT molecular complexity index is 950. The van der Waals surface area contributed by atoms with Gasteiger partial charge in [0.25, 0.3) is 0 Å². The van der Waals surface area contributed by atoms with Crippen LogP contribution in [0.3, 0.4) is 0 Å². The van der Waals surface area contributed by atoms with Crippen LogP contribution in [0.5, 0.6) is 0 Å². The fourth-order valence-corrected chi connectivity index (χ4v) is 4.18. The highest BCUT2D eigenvalue weighted by Gasteiger charge is 2.13. The summed E-state index contributed by atoms with van der Waals surface area (Å²) in [7, 11) is 0.